The molecule has 0 aliphatic carbocycles. The van der Waals surface area contributed by atoms with Crippen LogP contribution in [-0.2, 0) is 0 Å². The first-order valence-electron chi connectivity index (χ1n) is 6.10. The van der Waals surface area contributed by atoms with Crippen molar-refractivity contribution in [1.29, 1.82) is 0 Å². The summed E-state index contributed by atoms with van der Waals surface area (Å²) in [6.45, 7) is 1.42. The SMILES string of the molecule is NCC(c1ccc(F)c(F)c1)C1CCCCN1. The van der Waals surface area contributed by atoms with E-state index >= 15 is 0 Å². The summed E-state index contributed by atoms with van der Waals surface area (Å²) in [5.74, 6) is -1.54. The second-order valence-corrected chi connectivity index (χ2v) is 4.57. The van der Waals surface area contributed by atoms with Gasteiger partial charge in [-0.25, -0.2) is 8.78 Å². The number of hydrogen-bond donors (Lipinski definition) is 2. The van der Waals surface area contributed by atoms with Gasteiger partial charge in [-0.15, -0.1) is 0 Å². The van der Waals surface area contributed by atoms with E-state index in [1.807, 2.05) is 0 Å². The van der Waals surface area contributed by atoms with Gasteiger partial charge in [-0.3, -0.25) is 0 Å². The van der Waals surface area contributed by atoms with E-state index in [1.54, 1.807) is 6.07 Å². The number of nitrogens with one attached hydrogen (secondary N) is 1. The van der Waals surface area contributed by atoms with Crippen molar-refractivity contribution in [2.45, 2.75) is 31.2 Å². The van der Waals surface area contributed by atoms with Crippen LogP contribution in [0.15, 0.2) is 18.2 Å². The zero-order valence-corrected chi connectivity index (χ0v) is 9.76. The standard InChI is InChI=1S/C13H18F2N2/c14-11-5-4-9(7-12(11)15)10(8-16)13-3-1-2-6-17-13/h4-5,7,10,13,17H,1-3,6,8,16H2. The Morgan fingerprint density at radius 2 is 2.12 bits per heavy atom. The molecule has 2 unspecified atom stereocenters. The minimum Gasteiger partial charge on any atom is -0.330 e. The molecule has 2 atom stereocenters. The van der Waals surface area contributed by atoms with E-state index in [4.69, 9.17) is 5.73 Å². The van der Waals surface area contributed by atoms with Gasteiger partial charge in [-0.2, -0.15) is 0 Å². The molecule has 94 valence electrons. The molecule has 0 aromatic heterocycles. The number of benzene rings is 1. The van der Waals surface area contributed by atoms with Gasteiger partial charge < -0.3 is 11.1 Å². The minimum atomic E-state index is -0.805. The highest BCUT2D eigenvalue weighted by Gasteiger charge is 2.24. The molecular formula is C13H18F2N2. The van der Waals surface area contributed by atoms with Crippen LogP contribution in [0.4, 0.5) is 8.78 Å². The van der Waals surface area contributed by atoms with Gasteiger partial charge in [0.25, 0.3) is 0 Å². The van der Waals surface area contributed by atoms with Crippen molar-refractivity contribution >= 4 is 0 Å². The fourth-order valence-electron chi connectivity index (χ4n) is 2.50. The summed E-state index contributed by atoms with van der Waals surface area (Å²) in [6.07, 6.45) is 3.38. The lowest BCUT2D eigenvalue weighted by atomic mass is 9.86. The summed E-state index contributed by atoms with van der Waals surface area (Å²) < 4.78 is 26.1. The zero-order chi connectivity index (χ0) is 12.3. The molecule has 2 nitrogen and oxygen atoms in total. The Bertz CT molecular complexity index is 376. The molecule has 0 bridgehead atoms. The summed E-state index contributed by atoms with van der Waals surface area (Å²) in [4.78, 5) is 0. The third-order valence-corrected chi connectivity index (χ3v) is 3.46. The fourth-order valence-corrected chi connectivity index (χ4v) is 2.50. The Labute approximate surface area is 100 Å². The van der Waals surface area contributed by atoms with Crippen LogP contribution in [0.1, 0.15) is 30.7 Å². The largest absolute Gasteiger partial charge is 0.330 e. The summed E-state index contributed by atoms with van der Waals surface area (Å²) in [5.41, 5.74) is 6.55. The summed E-state index contributed by atoms with van der Waals surface area (Å²) in [6, 6.07) is 4.35. The average molecular weight is 240 g/mol. The molecule has 1 saturated heterocycles. The third kappa shape index (κ3) is 2.82. The highest BCUT2D eigenvalue weighted by Crippen LogP contribution is 2.25. The van der Waals surface area contributed by atoms with Crippen molar-refractivity contribution in [2.75, 3.05) is 13.1 Å². The second kappa shape index (κ2) is 5.56. The van der Waals surface area contributed by atoms with Crippen molar-refractivity contribution in [3.05, 3.63) is 35.4 Å². The first kappa shape index (κ1) is 12.5. The molecule has 4 heteroatoms. The highest BCUT2D eigenvalue weighted by molar-refractivity contribution is 5.24. The molecule has 0 spiro atoms. The maximum atomic E-state index is 13.2. The van der Waals surface area contributed by atoms with Crippen molar-refractivity contribution < 1.29 is 8.78 Å². The maximum absolute atomic E-state index is 13.2. The Kier molecular flexibility index (Phi) is 4.07. The monoisotopic (exact) mass is 240 g/mol. The third-order valence-electron chi connectivity index (χ3n) is 3.46. The molecule has 1 aliphatic rings. The fraction of sp³-hybridized carbons (Fsp3) is 0.538. The molecule has 3 N–H and O–H groups in total. The van der Waals surface area contributed by atoms with Gasteiger partial charge in [-0.1, -0.05) is 12.5 Å². The molecule has 0 saturated carbocycles. The molecule has 17 heavy (non-hydrogen) atoms. The van der Waals surface area contributed by atoms with E-state index in [2.05, 4.69) is 5.32 Å². The zero-order valence-electron chi connectivity index (χ0n) is 9.76. The minimum absolute atomic E-state index is 0.0606. The number of rotatable bonds is 3. The van der Waals surface area contributed by atoms with Gasteiger partial charge in [-0.05, 0) is 37.1 Å². The van der Waals surface area contributed by atoms with Crippen LogP contribution in [0, 0.1) is 11.6 Å². The molecule has 1 heterocycles. The van der Waals surface area contributed by atoms with E-state index in [0.717, 1.165) is 24.9 Å². The van der Waals surface area contributed by atoms with Gasteiger partial charge in [0.15, 0.2) is 11.6 Å². The molecule has 1 fully saturated rings. The predicted molar refractivity (Wildman–Crippen MR) is 63.8 cm³/mol. The van der Waals surface area contributed by atoms with Crippen LogP contribution in [0.3, 0.4) is 0 Å². The van der Waals surface area contributed by atoms with Crippen LogP contribution in [0.2, 0.25) is 0 Å². The quantitative estimate of drug-likeness (QED) is 0.849. The van der Waals surface area contributed by atoms with Crippen LogP contribution in [0.5, 0.6) is 0 Å². The van der Waals surface area contributed by atoms with Crippen molar-refractivity contribution in [3.8, 4) is 0 Å². The Morgan fingerprint density at radius 1 is 1.29 bits per heavy atom. The Morgan fingerprint density at radius 3 is 2.71 bits per heavy atom. The molecule has 1 aromatic rings. The van der Waals surface area contributed by atoms with Crippen LogP contribution < -0.4 is 11.1 Å². The van der Waals surface area contributed by atoms with E-state index < -0.39 is 11.6 Å². The lowest BCUT2D eigenvalue weighted by Crippen LogP contribution is -2.41. The summed E-state index contributed by atoms with van der Waals surface area (Å²) in [7, 11) is 0. The van der Waals surface area contributed by atoms with E-state index in [-0.39, 0.29) is 12.0 Å². The van der Waals surface area contributed by atoms with Gasteiger partial charge in [0.05, 0.1) is 0 Å². The molecule has 1 aromatic carbocycles. The second-order valence-electron chi connectivity index (χ2n) is 4.57. The molecule has 0 amide bonds. The lowest BCUT2D eigenvalue weighted by molar-refractivity contribution is 0.351. The van der Waals surface area contributed by atoms with E-state index in [9.17, 15) is 8.78 Å². The molecule has 0 radical (unpaired) electrons. The molecular weight excluding hydrogens is 222 g/mol. The summed E-state index contributed by atoms with van der Waals surface area (Å²) >= 11 is 0. The molecule has 2 rings (SSSR count). The first-order valence-corrected chi connectivity index (χ1v) is 6.10. The van der Waals surface area contributed by atoms with Gasteiger partial charge in [0.2, 0.25) is 0 Å². The number of piperidine rings is 1. The van der Waals surface area contributed by atoms with Gasteiger partial charge in [0.1, 0.15) is 0 Å². The number of halogens is 2. The predicted octanol–water partition coefficient (Wildman–Crippen LogP) is 2.15. The Hall–Kier alpha value is -1.00. The highest BCUT2D eigenvalue weighted by atomic mass is 19.2. The van der Waals surface area contributed by atoms with Gasteiger partial charge in [0, 0.05) is 18.5 Å². The van der Waals surface area contributed by atoms with E-state index in [0.29, 0.717) is 6.54 Å². The van der Waals surface area contributed by atoms with Crippen molar-refractivity contribution in [2.24, 2.45) is 5.73 Å². The number of nitrogens with two attached hydrogens (primary N) is 1. The molecule has 1 aliphatic heterocycles. The Balaban J connectivity index is 2.18. The van der Waals surface area contributed by atoms with Crippen LogP contribution >= 0.6 is 0 Å². The maximum Gasteiger partial charge on any atom is 0.159 e. The van der Waals surface area contributed by atoms with Crippen LogP contribution in [0.25, 0.3) is 0 Å². The topological polar surface area (TPSA) is 38.0 Å². The average Bonchev–Trinajstić information content (AvgIpc) is 2.36. The van der Waals surface area contributed by atoms with Crippen molar-refractivity contribution in [1.82, 2.24) is 5.32 Å². The normalized spacial score (nSPS) is 22.4. The van der Waals surface area contributed by atoms with Crippen LogP contribution in [-0.4, -0.2) is 19.1 Å². The summed E-state index contributed by atoms with van der Waals surface area (Å²) in [5, 5.41) is 3.41. The lowest BCUT2D eigenvalue weighted by Gasteiger charge is -2.31. The van der Waals surface area contributed by atoms with Gasteiger partial charge >= 0.3 is 0 Å². The smallest absolute Gasteiger partial charge is 0.159 e. The number of hydrogen-bond acceptors (Lipinski definition) is 2. The van der Waals surface area contributed by atoms with E-state index in [1.165, 1.54) is 18.6 Å². The first-order chi connectivity index (χ1) is 8.22. The van der Waals surface area contributed by atoms with Crippen molar-refractivity contribution in [3.63, 3.8) is 0 Å².